The molecule has 12 nitrogen and oxygen atoms in total. The predicted molar refractivity (Wildman–Crippen MR) is 146 cm³/mol. The molecule has 212 valence electrons. The molecule has 9 N–H and O–H groups in total. The summed E-state index contributed by atoms with van der Waals surface area (Å²) in [6.07, 6.45) is 3.67. The van der Waals surface area contributed by atoms with Gasteiger partial charge >= 0.3 is 0 Å². The van der Waals surface area contributed by atoms with E-state index in [-0.39, 0.29) is 36.2 Å². The summed E-state index contributed by atoms with van der Waals surface area (Å²) >= 11 is 0. The van der Waals surface area contributed by atoms with E-state index in [1.807, 2.05) is 32.0 Å². The molecule has 0 aliphatic heterocycles. The van der Waals surface area contributed by atoms with Gasteiger partial charge in [-0.05, 0) is 63.1 Å². The normalized spacial score (nSPS) is 16.4. The van der Waals surface area contributed by atoms with Gasteiger partial charge in [-0.25, -0.2) is 0 Å². The average Bonchev–Trinajstić information content (AvgIpc) is 2.88. The van der Waals surface area contributed by atoms with Crippen LogP contribution in [-0.4, -0.2) is 67.0 Å². The number of amides is 3. The van der Waals surface area contributed by atoms with E-state index in [0.717, 1.165) is 24.8 Å². The Hall–Kier alpha value is -3.67. The SMILES string of the molecule is CN[C@@H](C)C(=O)N[C@H](C(=O)N[C@@H](CCCN=C(N)N)C(=O)NC1CCCc2ccccc21)C(C)C.O=CO. The Morgan fingerprint density at radius 1 is 1.11 bits per heavy atom. The predicted octanol–water partition coefficient (Wildman–Crippen LogP) is 0.168. The van der Waals surface area contributed by atoms with Crippen molar-refractivity contribution in [2.45, 2.75) is 77.0 Å². The van der Waals surface area contributed by atoms with E-state index in [1.165, 1.54) is 5.56 Å². The number of aryl methyl sites for hydroxylation is 1. The van der Waals surface area contributed by atoms with Crippen molar-refractivity contribution in [2.24, 2.45) is 22.4 Å². The number of carboxylic acid groups (broad SMARTS) is 1. The van der Waals surface area contributed by atoms with Crippen LogP contribution in [0.15, 0.2) is 29.3 Å². The summed E-state index contributed by atoms with van der Waals surface area (Å²) in [5.41, 5.74) is 13.2. The summed E-state index contributed by atoms with van der Waals surface area (Å²) in [6.45, 7) is 5.51. The molecule has 0 spiro atoms. The fourth-order valence-electron chi connectivity index (χ4n) is 4.15. The molecule has 0 saturated heterocycles. The average molecular weight is 534 g/mol. The van der Waals surface area contributed by atoms with Gasteiger partial charge in [-0.3, -0.25) is 24.2 Å². The number of fused-ring (bicyclic) bond motifs is 1. The van der Waals surface area contributed by atoms with Gasteiger partial charge in [0, 0.05) is 6.54 Å². The first kappa shape index (κ1) is 32.4. The zero-order valence-corrected chi connectivity index (χ0v) is 22.7. The molecule has 4 atom stereocenters. The molecule has 2 rings (SSSR count). The summed E-state index contributed by atoms with van der Waals surface area (Å²) in [5.74, 6) is -1.13. The number of hydrogen-bond acceptors (Lipinski definition) is 6. The molecule has 0 aromatic heterocycles. The number of guanidine groups is 1. The first-order valence-corrected chi connectivity index (χ1v) is 12.8. The second-order valence-corrected chi connectivity index (χ2v) is 9.51. The monoisotopic (exact) mass is 533 g/mol. The molecule has 3 amide bonds. The highest BCUT2D eigenvalue weighted by Gasteiger charge is 2.31. The lowest BCUT2D eigenvalue weighted by Crippen LogP contribution is -2.57. The second kappa shape index (κ2) is 17.0. The Bertz CT molecular complexity index is 950. The van der Waals surface area contributed by atoms with Crippen LogP contribution in [0.1, 0.15) is 63.6 Å². The maximum absolute atomic E-state index is 13.3. The molecule has 38 heavy (non-hydrogen) atoms. The minimum Gasteiger partial charge on any atom is -0.483 e. The van der Waals surface area contributed by atoms with Crippen LogP contribution in [0.25, 0.3) is 0 Å². The summed E-state index contributed by atoms with van der Waals surface area (Å²) in [5, 5.41) is 18.5. The van der Waals surface area contributed by atoms with Crippen molar-refractivity contribution in [2.75, 3.05) is 13.6 Å². The van der Waals surface area contributed by atoms with Gasteiger partial charge in [0.15, 0.2) is 5.96 Å². The third kappa shape index (κ3) is 10.8. The van der Waals surface area contributed by atoms with Crippen molar-refractivity contribution >= 4 is 30.2 Å². The second-order valence-electron chi connectivity index (χ2n) is 9.51. The van der Waals surface area contributed by atoms with E-state index in [9.17, 15) is 14.4 Å². The first-order chi connectivity index (χ1) is 18.0. The maximum Gasteiger partial charge on any atom is 0.290 e. The minimum atomic E-state index is -0.786. The smallest absolute Gasteiger partial charge is 0.290 e. The van der Waals surface area contributed by atoms with E-state index in [0.29, 0.717) is 19.4 Å². The minimum absolute atomic E-state index is 0.0184. The molecule has 1 aromatic rings. The van der Waals surface area contributed by atoms with Crippen LogP contribution in [0.3, 0.4) is 0 Å². The van der Waals surface area contributed by atoms with Crippen LogP contribution in [0.2, 0.25) is 0 Å². The van der Waals surface area contributed by atoms with E-state index in [4.69, 9.17) is 21.4 Å². The molecule has 0 bridgehead atoms. The van der Waals surface area contributed by atoms with Crippen LogP contribution in [0, 0.1) is 5.92 Å². The number of aliphatic imine (C=N–C) groups is 1. The number of nitrogens with two attached hydrogens (primary N) is 2. The third-order valence-electron chi connectivity index (χ3n) is 6.34. The molecule has 0 radical (unpaired) electrons. The number of benzene rings is 1. The molecule has 0 fully saturated rings. The molecular formula is C26H43N7O5. The summed E-state index contributed by atoms with van der Waals surface area (Å²) in [6, 6.07) is 5.98. The highest BCUT2D eigenvalue weighted by Crippen LogP contribution is 2.29. The van der Waals surface area contributed by atoms with Crippen LogP contribution in [0.4, 0.5) is 0 Å². The zero-order chi connectivity index (χ0) is 28.7. The van der Waals surface area contributed by atoms with Crippen molar-refractivity contribution in [3.8, 4) is 0 Å². The van der Waals surface area contributed by atoms with Crippen molar-refractivity contribution in [1.29, 1.82) is 0 Å². The van der Waals surface area contributed by atoms with Crippen molar-refractivity contribution < 1.29 is 24.3 Å². The van der Waals surface area contributed by atoms with Gasteiger partial charge in [0.2, 0.25) is 17.7 Å². The zero-order valence-electron chi connectivity index (χ0n) is 22.7. The fraction of sp³-hybridized carbons (Fsp3) is 0.577. The lowest BCUT2D eigenvalue weighted by Gasteiger charge is -2.30. The number of nitrogens with one attached hydrogen (secondary N) is 4. The Labute approximate surface area is 224 Å². The van der Waals surface area contributed by atoms with E-state index in [1.54, 1.807) is 14.0 Å². The Morgan fingerprint density at radius 2 is 1.76 bits per heavy atom. The number of carbonyl (C=O) groups excluding carboxylic acids is 3. The van der Waals surface area contributed by atoms with Crippen molar-refractivity contribution in [3.63, 3.8) is 0 Å². The third-order valence-corrected chi connectivity index (χ3v) is 6.34. The van der Waals surface area contributed by atoms with Crippen molar-refractivity contribution in [1.82, 2.24) is 21.3 Å². The molecule has 1 aliphatic rings. The van der Waals surface area contributed by atoms with Crippen LogP contribution < -0.4 is 32.7 Å². The van der Waals surface area contributed by atoms with Gasteiger partial charge < -0.3 is 37.8 Å². The van der Waals surface area contributed by atoms with Gasteiger partial charge in [-0.2, -0.15) is 0 Å². The van der Waals surface area contributed by atoms with E-state index in [2.05, 4.69) is 32.3 Å². The van der Waals surface area contributed by atoms with Gasteiger partial charge in [0.1, 0.15) is 12.1 Å². The highest BCUT2D eigenvalue weighted by atomic mass is 16.3. The topological polar surface area (TPSA) is 201 Å². The largest absolute Gasteiger partial charge is 0.483 e. The Kier molecular flexibility index (Phi) is 14.4. The fourth-order valence-corrected chi connectivity index (χ4v) is 4.15. The van der Waals surface area contributed by atoms with Crippen LogP contribution >= 0.6 is 0 Å². The number of nitrogens with zero attached hydrogens (tertiary/aromatic N) is 1. The molecule has 0 saturated carbocycles. The summed E-state index contributed by atoms with van der Waals surface area (Å²) < 4.78 is 0. The van der Waals surface area contributed by atoms with Gasteiger partial charge in [0.25, 0.3) is 6.47 Å². The number of carbonyl (C=O) groups is 4. The maximum atomic E-state index is 13.3. The first-order valence-electron chi connectivity index (χ1n) is 12.8. The number of rotatable bonds is 12. The molecule has 1 unspecified atom stereocenters. The molecular weight excluding hydrogens is 490 g/mol. The molecule has 0 heterocycles. The molecule has 12 heteroatoms. The van der Waals surface area contributed by atoms with Crippen LogP contribution in [0.5, 0.6) is 0 Å². The standard InChI is InChI=1S/C25H41N7O3.CH2O2/c1-15(2)21(32-22(33)16(3)28-4)24(35)31-20(13-8-14-29-25(26)27)23(34)30-19-12-7-10-17-9-5-6-11-18(17)19;2-1-3/h5-6,9,11,15-16,19-21,28H,7-8,10,12-14H2,1-4H3,(H,30,34)(H,31,35)(H,32,33)(H4,26,27,29);1H,(H,2,3)/t16-,19?,20-,21-;/m0./s1. The van der Waals surface area contributed by atoms with Gasteiger partial charge in [0.05, 0.1) is 12.1 Å². The highest BCUT2D eigenvalue weighted by molar-refractivity contribution is 5.93. The lowest BCUT2D eigenvalue weighted by atomic mass is 9.87. The van der Waals surface area contributed by atoms with E-state index >= 15 is 0 Å². The summed E-state index contributed by atoms with van der Waals surface area (Å²) in [7, 11) is 1.68. The van der Waals surface area contributed by atoms with Crippen molar-refractivity contribution in [3.05, 3.63) is 35.4 Å². The van der Waals surface area contributed by atoms with Gasteiger partial charge in [-0.15, -0.1) is 0 Å². The molecule has 1 aromatic carbocycles. The number of hydrogen-bond donors (Lipinski definition) is 7. The van der Waals surface area contributed by atoms with Crippen LogP contribution in [-0.2, 0) is 25.6 Å². The number of likely N-dealkylation sites (N-methyl/N-ethyl adjacent to an activating group) is 1. The quantitative estimate of drug-likeness (QED) is 0.0852. The van der Waals surface area contributed by atoms with Gasteiger partial charge in [-0.1, -0.05) is 38.1 Å². The molecule has 1 aliphatic carbocycles. The Morgan fingerprint density at radius 3 is 2.37 bits per heavy atom. The lowest BCUT2D eigenvalue weighted by molar-refractivity contribution is -0.133. The summed E-state index contributed by atoms with van der Waals surface area (Å²) in [4.78, 5) is 51.3. The van der Waals surface area contributed by atoms with E-state index < -0.39 is 24.0 Å². The Balaban J connectivity index is 0.00000229.